The van der Waals surface area contributed by atoms with Crippen LogP contribution in [0.15, 0.2) is 29.3 Å². The Bertz CT molecular complexity index is 504. The number of benzene rings is 1. The Morgan fingerprint density at radius 3 is 2.38 bits per heavy atom. The van der Waals surface area contributed by atoms with Crippen LogP contribution in [-0.4, -0.2) is 63.2 Å². The molecule has 0 aromatic heterocycles. The van der Waals surface area contributed by atoms with Gasteiger partial charge in [0, 0.05) is 52.4 Å². The maximum absolute atomic E-state index is 13.8. The second-order valence-electron chi connectivity index (χ2n) is 5.92. The second-order valence-corrected chi connectivity index (χ2v) is 5.92. The van der Waals surface area contributed by atoms with Gasteiger partial charge in [0.15, 0.2) is 5.96 Å². The summed E-state index contributed by atoms with van der Waals surface area (Å²) in [7, 11) is 0. The predicted octanol–water partition coefficient (Wildman–Crippen LogP) is 1.91. The van der Waals surface area contributed by atoms with Crippen LogP contribution in [0.4, 0.5) is 10.1 Å². The molecule has 0 aliphatic carbocycles. The van der Waals surface area contributed by atoms with E-state index in [-0.39, 0.29) is 5.82 Å². The van der Waals surface area contributed by atoms with Crippen molar-refractivity contribution in [3.05, 3.63) is 30.1 Å². The number of hydrogen-bond donors (Lipinski definition) is 2. The molecule has 2 N–H and O–H groups in total. The average Bonchev–Trinajstić information content (AvgIpc) is 2.60. The van der Waals surface area contributed by atoms with Gasteiger partial charge in [-0.05, 0) is 32.4 Å². The monoisotopic (exact) mass is 335 g/mol. The number of anilines is 1. The minimum atomic E-state index is -0.125. The summed E-state index contributed by atoms with van der Waals surface area (Å²) < 4.78 is 13.8. The SMILES string of the molecule is CCNC(=NCCCN1CCN(c2ccccc2F)CC1)NCC. The largest absolute Gasteiger partial charge is 0.367 e. The fourth-order valence-corrected chi connectivity index (χ4v) is 2.91. The summed E-state index contributed by atoms with van der Waals surface area (Å²) in [5.74, 6) is 0.768. The summed E-state index contributed by atoms with van der Waals surface area (Å²) in [6.45, 7) is 11.5. The fraction of sp³-hybridized carbons (Fsp3) is 0.611. The normalized spacial score (nSPS) is 15.2. The third-order valence-corrected chi connectivity index (χ3v) is 4.16. The van der Waals surface area contributed by atoms with Crippen LogP contribution in [0, 0.1) is 5.82 Å². The zero-order chi connectivity index (χ0) is 17.2. The lowest BCUT2D eigenvalue weighted by atomic mass is 10.2. The molecule has 0 amide bonds. The van der Waals surface area contributed by atoms with Gasteiger partial charge in [-0.2, -0.15) is 0 Å². The van der Waals surface area contributed by atoms with Crippen LogP contribution >= 0.6 is 0 Å². The van der Waals surface area contributed by atoms with Crippen molar-refractivity contribution in [2.24, 2.45) is 4.99 Å². The Labute approximate surface area is 144 Å². The van der Waals surface area contributed by atoms with Crippen molar-refractivity contribution in [3.8, 4) is 0 Å². The van der Waals surface area contributed by atoms with Gasteiger partial charge >= 0.3 is 0 Å². The number of para-hydroxylation sites is 1. The molecule has 6 heteroatoms. The summed E-state index contributed by atoms with van der Waals surface area (Å²) in [6, 6.07) is 7.04. The molecule has 1 aromatic carbocycles. The Balaban J connectivity index is 1.70. The van der Waals surface area contributed by atoms with Gasteiger partial charge in [-0.25, -0.2) is 4.39 Å². The van der Waals surface area contributed by atoms with Gasteiger partial charge in [-0.1, -0.05) is 12.1 Å². The van der Waals surface area contributed by atoms with Crippen molar-refractivity contribution in [2.45, 2.75) is 20.3 Å². The zero-order valence-corrected chi connectivity index (χ0v) is 14.9. The topological polar surface area (TPSA) is 42.9 Å². The van der Waals surface area contributed by atoms with E-state index in [0.717, 1.165) is 70.4 Å². The molecular weight excluding hydrogens is 305 g/mol. The number of piperazine rings is 1. The van der Waals surface area contributed by atoms with Crippen molar-refractivity contribution in [3.63, 3.8) is 0 Å². The van der Waals surface area contributed by atoms with E-state index in [1.54, 1.807) is 6.07 Å². The quantitative estimate of drug-likeness (QED) is 0.454. The second kappa shape index (κ2) is 10.1. The van der Waals surface area contributed by atoms with Crippen LogP contribution in [-0.2, 0) is 0 Å². The molecular formula is C18H30FN5. The van der Waals surface area contributed by atoms with Gasteiger partial charge in [0.25, 0.3) is 0 Å². The van der Waals surface area contributed by atoms with Gasteiger partial charge in [0.2, 0.25) is 0 Å². The van der Waals surface area contributed by atoms with E-state index in [0.29, 0.717) is 0 Å². The van der Waals surface area contributed by atoms with E-state index < -0.39 is 0 Å². The lowest BCUT2D eigenvalue weighted by Gasteiger charge is -2.36. The predicted molar refractivity (Wildman–Crippen MR) is 99.3 cm³/mol. The van der Waals surface area contributed by atoms with Gasteiger partial charge < -0.3 is 15.5 Å². The van der Waals surface area contributed by atoms with Gasteiger partial charge in [0.05, 0.1) is 5.69 Å². The van der Waals surface area contributed by atoms with Crippen molar-refractivity contribution in [1.82, 2.24) is 15.5 Å². The highest BCUT2D eigenvalue weighted by atomic mass is 19.1. The van der Waals surface area contributed by atoms with E-state index in [9.17, 15) is 4.39 Å². The van der Waals surface area contributed by atoms with Crippen LogP contribution in [0.3, 0.4) is 0 Å². The molecule has 24 heavy (non-hydrogen) atoms. The first-order valence-corrected chi connectivity index (χ1v) is 8.98. The highest BCUT2D eigenvalue weighted by Gasteiger charge is 2.18. The summed E-state index contributed by atoms with van der Waals surface area (Å²) in [4.78, 5) is 9.14. The molecule has 5 nitrogen and oxygen atoms in total. The van der Waals surface area contributed by atoms with Gasteiger partial charge in [-0.15, -0.1) is 0 Å². The lowest BCUT2D eigenvalue weighted by Crippen LogP contribution is -2.47. The van der Waals surface area contributed by atoms with E-state index in [2.05, 4.69) is 39.3 Å². The van der Waals surface area contributed by atoms with Crippen LogP contribution in [0.25, 0.3) is 0 Å². The first kappa shape index (κ1) is 18.5. The van der Waals surface area contributed by atoms with E-state index in [1.807, 2.05) is 12.1 Å². The fourth-order valence-electron chi connectivity index (χ4n) is 2.91. The first-order valence-electron chi connectivity index (χ1n) is 8.98. The molecule has 2 rings (SSSR count). The number of guanidine groups is 1. The number of aliphatic imine (C=N–C) groups is 1. The highest BCUT2D eigenvalue weighted by Crippen LogP contribution is 2.20. The molecule has 1 saturated heterocycles. The van der Waals surface area contributed by atoms with E-state index >= 15 is 0 Å². The van der Waals surface area contributed by atoms with E-state index in [1.165, 1.54) is 6.07 Å². The molecule has 0 bridgehead atoms. The van der Waals surface area contributed by atoms with E-state index in [4.69, 9.17) is 0 Å². The summed E-state index contributed by atoms with van der Waals surface area (Å²) in [5.41, 5.74) is 0.725. The lowest BCUT2D eigenvalue weighted by molar-refractivity contribution is 0.256. The van der Waals surface area contributed by atoms with Crippen molar-refractivity contribution < 1.29 is 4.39 Å². The molecule has 0 atom stereocenters. The summed E-state index contributed by atoms with van der Waals surface area (Å²) >= 11 is 0. The Morgan fingerprint density at radius 2 is 1.75 bits per heavy atom. The molecule has 1 aliphatic heterocycles. The maximum Gasteiger partial charge on any atom is 0.191 e. The maximum atomic E-state index is 13.8. The third kappa shape index (κ3) is 5.67. The number of hydrogen-bond acceptors (Lipinski definition) is 3. The summed E-state index contributed by atoms with van der Waals surface area (Å²) in [5, 5.41) is 6.47. The number of rotatable bonds is 7. The van der Waals surface area contributed by atoms with Crippen molar-refractivity contribution >= 4 is 11.6 Å². The van der Waals surface area contributed by atoms with Crippen LogP contribution < -0.4 is 15.5 Å². The molecule has 0 unspecified atom stereocenters. The molecule has 1 fully saturated rings. The van der Waals surface area contributed by atoms with Gasteiger partial charge in [-0.3, -0.25) is 9.89 Å². The molecule has 134 valence electrons. The zero-order valence-electron chi connectivity index (χ0n) is 14.9. The molecule has 0 saturated carbocycles. The molecule has 0 spiro atoms. The number of halogens is 1. The minimum absolute atomic E-state index is 0.125. The Hall–Kier alpha value is -1.82. The Morgan fingerprint density at radius 1 is 1.08 bits per heavy atom. The van der Waals surface area contributed by atoms with Crippen molar-refractivity contribution in [1.29, 1.82) is 0 Å². The number of nitrogens with one attached hydrogen (secondary N) is 2. The standard InChI is InChI=1S/C18H30FN5/c1-3-20-18(21-4-2)22-10-7-11-23-12-14-24(15-13-23)17-9-6-5-8-16(17)19/h5-6,8-9H,3-4,7,10-15H2,1-2H3,(H2,20,21,22). The molecule has 1 heterocycles. The van der Waals surface area contributed by atoms with Crippen LogP contribution in [0.2, 0.25) is 0 Å². The Kier molecular flexibility index (Phi) is 7.82. The van der Waals surface area contributed by atoms with Crippen molar-refractivity contribution in [2.75, 3.05) is 57.3 Å². The van der Waals surface area contributed by atoms with Crippen LogP contribution in [0.1, 0.15) is 20.3 Å². The first-order chi connectivity index (χ1) is 11.7. The molecule has 1 aromatic rings. The summed E-state index contributed by atoms with van der Waals surface area (Å²) in [6.07, 6.45) is 1.04. The molecule has 1 aliphatic rings. The smallest absolute Gasteiger partial charge is 0.191 e. The highest BCUT2D eigenvalue weighted by molar-refractivity contribution is 5.79. The molecule has 0 radical (unpaired) electrons. The van der Waals surface area contributed by atoms with Crippen LogP contribution in [0.5, 0.6) is 0 Å². The average molecular weight is 335 g/mol. The third-order valence-electron chi connectivity index (χ3n) is 4.16. The van der Waals surface area contributed by atoms with Gasteiger partial charge in [0.1, 0.15) is 5.82 Å². The number of nitrogens with zero attached hydrogens (tertiary/aromatic N) is 3. The minimum Gasteiger partial charge on any atom is -0.367 e.